The van der Waals surface area contributed by atoms with Crippen LogP contribution >= 0.6 is 15.9 Å². The van der Waals surface area contributed by atoms with Crippen LogP contribution in [0.5, 0.6) is 0 Å². The fourth-order valence-electron chi connectivity index (χ4n) is 1.40. The minimum absolute atomic E-state index is 0.121. The number of anilines is 1. The molecule has 1 aromatic rings. The highest BCUT2D eigenvalue weighted by molar-refractivity contribution is 9.18. The number of rotatable bonds is 1. The van der Waals surface area contributed by atoms with Crippen molar-refractivity contribution in [2.24, 2.45) is 0 Å². The SMILES string of the molecule is Cc1cc(C)c(N(C)C(=O)Br)cc1C. The first-order valence-electron chi connectivity index (χ1n) is 4.44. The molecular formula is C11H14BrNO. The van der Waals surface area contributed by atoms with E-state index >= 15 is 0 Å². The number of nitrogens with zero attached hydrogens (tertiary/aromatic N) is 1. The highest BCUT2D eigenvalue weighted by atomic mass is 79.9. The third kappa shape index (κ3) is 2.15. The van der Waals surface area contributed by atoms with Gasteiger partial charge in [-0.3, -0.25) is 4.79 Å². The Labute approximate surface area is 93.0 Å². The smallest absolute Gasteiger partial charge is 0.293 e. The van der Waals surface area contributed by atoms with Crippen molar-refractivity contribution in [1.29, 1.82) is 0 Å². The van der Waals surface area contributed by atoms with Crippen LogP contribution in [0, 0.1) is 20.8 Å². The van der Waals surface area contributed by atoms with Crippen molar-refractivity contribution in [3.8, 4) is 0 Å². The maximum Gasteiger partial charge on any atom is 0.293 e. The van der Waals surface area contributed by atoms with E-state index in [9.17, 15) is 4.79 Å². The largest absolute Gasteiger partial charge is 0.306 e. The van der Waals surface area contributed by atoms with Gasteiger partial charge in [-0.15, -0.1) is 0 Å². The van der Waals surface area contributed by atoms with Gasteiger partial charge in [0.1, 0.15) is 0 Å². The van der Waals surface area contributed by atoms with Crippen LogP contribution in [0.3, 0.4) is 0 Å². The van der Waals surface area contributed by atoms with E-state index in [4.69, 9.17) is 0 Å². The van der Waals surface area contributed by atoms with Gasteiger partial charge >= 0.3 is 0 Å². The van der Waals surface area contributed by atoms with Crippen LogP contribution in [0.15, 0.2) is 12.1 Å². The van der Waals surface area contributed by atoms with Crippen molar-refractivity contribution in [2.45, 2.75) is 20.8 Å². The maximum absolute atomic E-state index is 11.1. The molecule has 0 unspecified atom stereocenters. The molecule has 0 bridgehead atoms. The first kappa shape index (κ1) is 11.2. The molecule has 0 N–H and O–H groups in total. The quantitative estimate of drug-likeness (QED) is 0.555. The van der Waals surface area contributed by atoms with E-state index in [0.29, 0.717) is 0 Å². The van der Waals surface area contributed by atoms with Crippen LogP contribution in [-0.2, 0) is 0 Å². The Morgan fingerprint density at radius 2 is 1.64 bits per heavy atom. The molecule has 0 aliphatic rings. The van der Waals surface area contributed by atoms with E-state index in [1.54, 1.807) is 11.9 Å². The van der Waals surface area contributed by atoms with Crippen LogP contribution in [0.25, 0.3) is 0 Å². The zero-order chi connectivity index (χ0) is 10.9. The lowest BCUT2D eigenvalue weighted by Crippen LogP contribution is -2.20. The van der Waals surface area contributed by atoms with Crippen molar-refractivity contribution >= 4 is 26.4 Å². The van der Waals surface area contributed by atoms with E-state index in [2.05, 4.69) is 28.9 Å². The molecule has 0 saturated heterocycles. The van der Waals surface area contributed by atoms with Gasteiger partial charge in [-0.1, -0.05) is 6.07 Å². The molecular weight excluding hydrogens is 242 g/mol. The molecule has 14 heavy (non-hydrogen) atoms. The molecule has 1 amide bonds. The lowest BCUT2D eigenvalue weighted by atomic mass is 10.0. The molecule has 0 aliphatic carbocycles. The predicted molar refractivity (Wildman–Crippen MR) is 63.4 cm³/mol. The molecule has 0 fully saturated rings. The lowest BCUT2D eigenvalue weighted by molar-refractivity contribution is 0.267. The van der Waals surface area contributed by atoms with Crippen molar-refractivity contribution in [3.63, 3.8) is 0 Å². The summed E-state index contributed by atoms with van der Waals surface area (Å²) < 4.78 is 0. The van der Waals surface area contributed by atoms with Gasteiger partial charge in [-0.25, -0.2) is 0 Å². The average molecular weight is 256 g/mol. The number of amides is 1. The maximum atomic E-state index is 11.1. The summed E-state index contributed by atoms with van der Waals surface area (Å²) >= 11 is 2.94. The molecule has 2 nitrogen and oxygen atoms in total. The Kier molecular flexibility index (Phi) is 3.32. The van der Waals surface area contributed by atoms with Gasteiger partial charge in [0.15, 0.2) is 0 Å². The summed E-state index contributed by atoms with van der Waals surface area (Å²) in [6.07, 6.45) is 0. The van der Waals surface area contributed by atoms with E-state index in [1.165, 1.54) is 11.1 Å². The van der Waals surface area contributed by atoms with E-state index in [-0.39, 0.29) is 4.82 Å². The third-order valence-electron chi connectivity index (χ3n) is 2.44. The fourth-order valence-corrected chi connectivity index (χ4v) is 1.59. The summed E-state index contributed by atoms with van der Waals surface area (Å²) in [5.74, 6) is 0. The van der Waals surface area contributed by atoms with Gasteiger partial charge in [-0.05, 0) is 43.5 Å². The standard InChI is InChI=1S/C11H14BrNO/c1-7-5-9(3)10(6-8(7)2)13(4)11(12)14/h5-6H,1-4H3. The normalized spacial score (nSPS) is 10.1. The number of benzene rings is 1. The van der Waals surface area contributed by atoms with Crippen molar-refractivity contribution < 1.29 is 4.79 Å². The molecule has 1 rings (SSSR count). The van der Waals surface area contributed by atoms with Gasteiger partial charge < -0.3 is 4.90 Å². The monoisotopic (exact) mass is 255 g/mol. The van der Waals surface area contributed by atoms with Gasteiger partial charge in [0, 0.05) is 28.7 Å². The van der Waals surface area contributed by atoms with Gasteiger partial charge in [-0.2, -0.15) is 0 Å². The fraction of sp³-hybridized carbons (Fsp3) is 0.364. The number of carbonyl (C=O) groups excluding carboxylic acids is 1. The second-order valence-electron chi connectivity index (χ2n) is 3.53. The Bertz CT molecular complexity index is 374. The van der Waals surface area contributed by atoms with E-state index in [1.807, 2.05) is 19.9 Å². The van der Waals surface area contributed by atoms with E-state index < -0.39 is 0 Å². The number of hydrogen-bond donors (Lipinski definition) is 0. The minimum atomic E-state index is -0.121. The zero-order valence-corrected chi connectivity index (χ0v) is 10.5. The van der Waals surface area contributed by atoms with Gasteiger partial charge in [0.05, 0.1) is 0 Å². The van der Waals surface area contributed by atoms with E-state index in [0.717, 1.165) is 11.3 Å². The van der Waals surface area contributed by atoms with Crippen molar-refractivity contribution in [2.75, 3.05) is 11.9 Å². The summed E-state index contributed by atoms with van der Waals surface area (Å²) in [4.78, 5) is 12.6. The molecule has 0 aliphatic heterocycles. The molecule has 0 spiro atoms. The summed E-state index contributed by atoms with van der Waals surface area (Å²) in [7, 11) is 1.76. The number of aryl methyl sites for hydroxylation is 3. The molecule has 3 heteroatoms. The number of carbonyl (C=O) groups is 1. The molecule has 0 aromatic heterocycles. The summed E-state index contributed by atoms with van der Waals surface area (Å²) in [5.41, 5.74) is 4.52. The number of halogens is 1. The molecule has 0 saturated carbocycles. The van der Waals surface area contributed by atoms with Crippen LogP contribution in [0.1, 0.15) is 16.7 Å². The lowest BCUT2D eigenvalue weighted by Gasteiger charge is -2.18. The Hall–Kier alpha value is -0.830. The minimum Gasteiger partial charge on any atom is -0.306 e. The summed E-state index contributed by atoms with van der Waals surface area (Å²) in [6.45, 7) is 6.13. The van der Waals surface area contributed by atoms with Crippen molar-refractivity contribution in [3.05, 3.63) is 28.8 Å². The second kappa shape index (κ2) is 4.13. The Morgan fingerprint density at radius 1 is 1.14 bits per heavy atom. The highest BCUT2D eigenvalue weighted by Gasteiger charge is 2.10. The van der Waals surface area contributed by atoms with Crippen LogP contribution in [-0.4, -0.2) is 11.9 Å². The summed E-state index contributed by atoms with van der Waals surface area (Å²) in [6, 6.07) is 4.13. The van der Waals surface area contributed by atoms with Gasteiger partial charge in [0.2, 0.25) is 0 Å². The predicted octanol–water partition coefficient (Wildman–Crippen LogP) is 3.56. The molecule has 1 aromatic carbocycles. The van der Waals surface area contributed by atoms with Gasteiger partial charge in [0.25, 0.3) is 4.82 Å². The first-order chi connectivity index (χ1) is 6.43. The first-order valence-corrected chi connectivity index (χ1v) is 5.24. The second-order valence-corrected chi connectivity index (χ2v) is 4.21. The molecule has 76 valence electrons. The topological polar surface area (TPSA) is 20.3 Å². The Morgan fingerprint density at radius 3 is 2.14 bits per heavy atom. The Balaban J connectivity index is 3.22. The zero-order valence-electron chi connectivity index (χ0n) is 8.89. The number of hydrogen-bond acceptors (Lipinski definition) is 1. The van der Waals surface area contributed by atoms with Crippen LogP contribution in [0.2, 0.25) is 0 Å². The average Bonchev–Trinajstić information content (AvgIpc) is 2.10. The van der Waals surface area contributed by atoms with Crippen molar-refractivity contribution in [1.82, 2.24) is 0 Å². The molecule has 0 radical (unpaired) electrons. The summed E-state index contributed by atoms with van der Waals surface area (Å²) in [5, 5.41) is 0. The molecule has 0 atom stereocenters. The third-order valence-corrected chi connectivity index (χ3v) is 2.97. The van der Waals surface area contributed by atoms with Crippen LogP contribution in [0.4, 0.5) is 10.5 Å². The molecule has 0 heterocycles. The highest BCUT2D eigenvalue weighted by Crippen LogP contribution is 2.24. The van der Waals surface area contributed by atoms with Crippen LogP contribution < -0.4 is 4.90 Å².